The minimum absolute atomic E-state index is 0.00388. The van der Waals surface area contributed by atoms with Gasteiger partial charge >= 0.3 is 5.97 Å². The lowest BCUT2D eigenvalue weighted by Gasteiger charge is -2.24. The van der Waals surface area contributed by atoms with E-state index in [9.17, 15) is 19.6 Å². The largest absolute Gasteiger partial charge is 0.489 e. The lowest BCUT2D eigenvalue weighted by Crippen LogP contribution is -2.11. The first-order valence-electron chi connectivity index (χ1n) is 12.7. The maximum absolute atomic E-state index is 15.0. The van der Waals surface area contributed by atoms with Crippen molar-refractivity contribution in [2.75, 3.05) is 0 Å². The van der Waals surface area contributed by atoms with E-state index in [1.54, 1.807) is 6.07 Å². The second-order valence-electron chi connectivity index (χ2n) is 10.7. The third kappa shape index (κ3) is 5.33. The Morgan fingerprint density at radius 1 is 1.27 bits per heavy atom. The van der Waals surface area contributed by atoms with Gasteiger partial charge in [0.2, 0.25) is 0 Å². The summed E-state index contributed by atoms with van der Waals surface area (Å²) in [4.78, 5) is 12.2. The van der Waals surface area contributed by atoms with Gasteiger partial charge in [0.25, 0.3) is 0 Å². The molecule has 0 saturated heterocycles. The first-order valence-corrected chi connectivity index (χ1v) is 13.6. The van der Waals surface area contributed by atoms with Crippen molar-refractivity contribution < 1.29 is 19.0 Å². The number of hydrogen-bond donors (Lipinski definition) is 1. The van der Waals surface area contributed by atoms with E-state index in [1.807, 2.05) is 29.6 Å². The van der Waals surface area contributed by atoms with Crippen molar-refractivity contribution in [2.45, 2.75) is 58.5 Å². The molecule has 1 aromatic heterocycles. The van der Waals surface area contributed by atoms with E-state index >= 15 is 0 Å². The summed E-state index contributed by atoms with van der Waals surface area (Å²) in [5, 5.41) is 20.8. The first kappa shape index (κ1) is 25.2. The summed E-state index contributed by atoms with van der Waals surface area (Å²) in [6.07, 6.45) is 6.49. The van der Waals surface area contributed by atoms with Crippen molar-refractivity contribution in [2.24, 2.45) is 11.3 Å². The Bertz CT molecular complexity index is 1410. The van der Waals surface area contributed by atoms with Crippen LogP contribution >= 0.6 is 11.3 Å². The van der Waals surface area contributed by atoms with Crippen LogP contribution in [0.25, 0.3) is 16.0 Å². The number of carboxylic acid groups (broad SMARTS) is 1. The van der Waals surface area contributed by atoms with E-state index in [2.05, 4.69) is 26.0 Å². The summed E-state index contributed by atoms with van der Waals surface area (Å²) in [6, 6.07) is 14.4. The zero-order valence-electron chi connectivity index (χ0n) is 21.1. The van der Waals surface area contributed by atoms with Crippen LogP contribution in [0.2, 0.25) is 0 Å². The van der Waals surface area contributed by atoms with Crippen molar-refractivity contribution >= 4 is 22.9 Å². The Hall–Kier alpha value is -3.43. The van der Waals surface area contributed by atoms with E-state index in [1.165, 1.54) is 29.0 Å². The molecule has 1 heterocycles. The average molecular weight is 516 g/mol. The van der Waals surface area contributed by atoms with Crippen LogP contribution in [0.15, 0.2) is 53.9 Å². The van der Waals surface area contributed by atoms with Crippen molar-refractivity contribution in [1.29, 1.82) is 5.26 Å². The minimum Gasteiger partial charge on any atom is -0.489 e. The number of nitriles is 1. The number of allylic oxidation sites excluding steroid dienone is 2. The van der Waals surface area contributed by atoms with Crippen molar-refractivity contribution in [3.63, 3.8) is 0 Å². The van der Waals surface area contributed by atoms with Crippen LogP contribution < -0.4 is 4.74 Å². The fourth-order valence-electron chi connectivity index (χ4n) is 5.43. The maximum Gasteiger partial charge on any atom is 0.303 e. The lowest BCUT2D eigenvalue weighted by atomic mass is 9.80. The molecule has 5 rings (SSSR count). The van der Waals surface area contributed by atoms with E-state index in [4.69, 9.17) is 4.74 Å². The highest BCUT2D eigenvalue weighted by Crippen LogP contribution is 2.50. The van der Waals surface area contributed by atoms with Gasteiger partial charge in [0.1, 0.15) is 18.2 Å². The summed E-state index contributed by atoms with van der Waals surface area (Å²) in [7, 11) is 0. The maximum atomic E-state index is 15.0. The molecule has 1 saturated carbocycles. The number of nitrogens with zero attached hydrogens (tertiary/aromatic N) is 1. The predicted molar refractivity (Wildman–Crippen MR) is 144 cm³/mol. The van der Waals surface area contributed by atoms with Crippen molar-refractivity contribution in [3.05, 3.63) is 82.0 Å². The molecule has 0 spiro atoms. The molecule has 2 aromatic carbocycles. The quantitative estimate of drug-likeness (QED) is 0.312. The number of thiophene rings is 1. The van der Waals surface area contributed by atoms with Crippen molar-refractivity contribution in [3.8, 4) is 22.3 Å². The molecule has 0 unspecified atom stereocenters. The number of benzene rings is 2. The van der Waals surface area contributed by atoms with Gasteiger partial charge in [-0.15, -0.1) is 11.3 Å². The van der Waals surface area contributed by atoms with Gasteiger partial charge in [0.15, 0.2) is 0 Å². The zero-order valence-corrected chi connectivity index (χ0v) is 21.9. The molecule has 6 heteroatoms. The Morgan fingerprint density at radius 2 is 2.08 bits per heavy atom. The second kappa shape index (κ2) is 10.1. The van der Waals surface area contributed by atoms with Gasteiger partial charge in [-0.05, 0) is 89.8 Å². The number of ether oxygens (including phenoxy) is 1. The third-order valence-corrected chi connectivity index (χ3v) is 8.65. The molecule has 1 N–H and O–H groups in total. The Kier molecular flexibility index (Phi) is 6.92. The number of aliphatic carboxylic acids is 1. The fourth-order valence-corrected chi connectivity index (χ4v) is 6.52. The van der Waals surface area contributed by atoms with Crippen LogP contribution in [0.3, 0.4) is 0 Å². The number of hydrogen-bond acceptors (Lipinski definition) is 4. The summed E-state index contributed by atoms with van der Waals surface area (Å²) in [5.74, 6) is 0.00350. The van der Waals surface area contributed by atoms with E-state index < -0.39 is 5.97 Å². The molecule has 1 atom stereocenters. The average Bonchev–Trinajstić information content (AvgIpc) is 3.54. The smallest absolute Gasteiger partial charge is 0.303 e. The summed E-state index contributed by atoms with van der Waals surface area (Å²) in [6.45, 7) is 4.74. The molecule has 2 aliphatic carbocycles. The van der Waals surface area contributed by atoms with Crippen LogP contribution in [-0.4, -0.2) is 11.1 Å². The number of halogens is 1. The molecule has 0 bridgehead atoms. The molecule has 3 aromatic rings. The van der Waals surface area contributed by atoms with Gasteiger partial charge < -0.3 is 9.84 Å². The van der Waals surface area contributed by atoms with E-state index in [-0.39, 0.29) is 23.6 Å². The number of carbonyl (C=O) groups is 1. The SMILES string of the molecule is CC1(C)CCC=C1c1c(COc2cccc([C@H](CC(=O)O)C3CC3)c2)csc1-c1cc(C#N)ccc1F. The third-order valence-electron chi connectivity index (χ3n) is 7.59. The Balaban J connectivity index is 1.47. The molecule has 2 aliphatic rings. The Morgan fingerprint density at radius 3 is 2.76 bits per heavy atom. The van der Waals surface area contributed by atoms with E-state index in [0.29, 0.717) is 29.4 Å². The number of rotatable bonds is 9. The molecule has 37 heavy (non-hydrogen) atoms. The topological polar surface area (TPSA) is 70.3 Å². The zero-order chi connectivity index (χ0) is 26.2. The molecular weight excluding hydrogens is 485 g/mol. The molecular formula is C31H30FNO3S. The highest BCUT2D eigenvalue weighted by atomic mass is 32.1. The molecule has 4 nitrogen and oxygen atoms in total. The van der Waals surface area contributed by atoms with Gasteiger partial charge in [0.05, 0.1) is 18.1 Å². The lowest BCUT2D eigenvalue weighted by molar-refractivity contribution is -0.137. The highest BCUT2D eigenvalue weighted by molar-refractivity contribution is 7.14. The molecule has 1 fully saturated rings. The van der Waals surface area contributed by atoms with Crippen LogP contribution in [0.5, 0.6) is 5.75 Å². The van der Waals surface area contributed by atoms with Crippen LogP contribution in [0.4, 0.5) is 4.39 Å². The van der Waals surface area contributed by atoms with Crippen LogP contribution in [0, 0.1) is 28.5 Å². The normalized spacial score (nSPS) is 17.2. The molecule has 0 amide bonds. The van der Waals surface area contributed by atoms with Crippen LogP contribution in [0.1, 0.15) is 74.1 Å². The number of carboxylic acids is 1. The molecule has 0 aliphatic heterocycles. The minimum atomic E-state index is -0.779. The summed E-state index contributed by atoms with van der Waals surface area (Å²) in [5.41, 5.74) is 4.99. The van der Waals surface area contributed by atoms with Gasteiger partial charge in [-0.1, -0.05) is 32.1 Å². The van der Waals surface area contributed by atoms with Gasteiger partial charge in [-0.3, -0.25) is 4.79 Å². The predicted octanol–water partition coefficient (Wildman–Crippen LogP) is 8.18. The standard InChI is InChI=1S/C31H30FNO3S/c1-31(2)12-4-7-26(31)29-22(18-37-30(29)25-13-19(16-33)8-11-27(25)32)17-36-23-6-3-5-21(14-23)24(15-28(34)35)20-9-10-20/h3,5-8,11,13-14,18,20,24H,4,9-10,12,15,17H2,1-2H3,(H,34,35)/t24-/m1/s1. The molecule has 0 radical (unpaired) electrons. The highest BCUT2D eigenvalue weighted by Gasteiger charge is 2.34. The monoisotopic (exact) mass is 515 g/mol. The summed E-state index contributed by atoms with van der Waals surface area (Å²) >= 11 is 1.48. The first-order chi connectivity index (χ1) is 17.8. The van der Waals surface area contributed by atoms with Gasteiger partial charge in [0, 0.05) is 21.6 Å². The Labute approximate surface area is 221 Å². The van der Waals surface area contributed by atoms with Crippen LogP contribution in [-0.2, 0) is 11.4 Å². The summed E-state index contributed by atoms with van der Waals surface area (Å²) < 4.78 is 21.3. The van der Waals surface area contributed by atoms with E-state index in [0.717, 1.165) is 47.3 Å². The molecule has 190 valence electrons. The van der Waals surface area contributed by atoms with Crippen molar-refractivity contribution in [1.82, 2.24) is 0 Å². The fraction of sp³-hybridized carbons (Fsp3) is 0.355. The second-order valence-corrected chi connectivity index (χ2v) is 11.6. The van der Waals surface area contributed by atoms with Gasteiger partial charge in [-0.25, -0.2) is 4.39 Å². The van der Waals surface area contributed by atoms with Gasteiger partial charge in [-0.2, -0.15) is 5.26 Å².